The van der Waals surface area contributed by atoms with Crippen molar-refractivity contribution in [2.45, 2.75) is 6.42 Å². The summed E-state index contributed by atoms with van der Waals surface area (Å²) in [5, 5.41) is 13.6. The number of fused-ring (bicyclic) bond motifs is 1. The normalized spacial score (nSPS) is 11.1. The minimum atomic E-state index is 0.583. The van der Waals surface area contributed by atoms with Gasteiger partial charge in [0, 0.05) is 35.5 Å². The molecule has 0 unspecified atom stereocenters. The summed E-state index contributed by atoms with van der Waals surface area (Å²) in [5.74, 6) is 0. The maximum Gasteiger partial charge on any atom is 0.0965 e. The zero-order valence-corrected chi connectivity index (χ0v) is 12.0. The van der Waals surface area contributed by atoms with E-state index in [2.05, 4.69) is 16.4 Å². The van der Waals surface area contributed by atoms with Gasteiger partial charge in [-0.05, 0) is 29.8 Å². The van der Waals surface area contributed by atoms with E-state index in [0.717, 1.165) is 22.2 Å². The average Bonchev–Trinajstić information content (AvgIpc) is 2.59. The lowest BCUT2D eigenvalue weighted by Crippen LogP contribution is -1.95. The molecule has 3 aromatic rings. The number of nitriles is 1. The molecule has 0 bridgehead atoms. The molecule has 0 saturated carbocycles. The molecule has 0 aliphatic rings. The van der Waals surface area contributed by atoms with Gasteiger partial charge in [-0.2, -0.15) is 5.26 Å². The number of nitrogens with zero attached hydrogens (tertiary/aromatic N) is 2. The van der Waals surface area contributed by atoms with Gasteiger partial charge < -0.3 is 5.32 Å². The fourth-order valence-electron chi connectivity index (χ4n) is 2.34. The molecule has 0 fully saturated rings. The van der Waals surface area contributed by atoms with Crippen LogP contribution >= 0.6 is 0 Å². The Balaban J connectivity index is 1.84. The number of benzene rings is 2. The van der Waals surface area contributed by atoms with Crippen molar-refractivity contribution in [2.75, 3.05) is 5.32 Å². The molecule has 0 saturated heterocycles. The Labute approximate surface area is 129 Å². The highest BCUT2D eigenvalue weighted by Crippen LogP contribution is 2.19. The monoisotopic (exact) mass is 285 g/mol. The Morgan fingerprint density at radius 1 is 1.05 bits per heavy atom. The van der Waals surface area contributed by atoms with Crippen LogP contribution in [0, 0.1) is 11.3 Å². The molecule has 3 heteroatoms. The largest absolute Gasteiger partial charge is 0.361 e. The summed E-state index contributed by atoms with van der Waals surface area (Å²) in [4.78, 5) is 4.35. The van der Waals surface area contributed by atoms with E-state index in [4.69, 9.17) is 0 Å². The molecular formula is C19H15N3. The van der Waals surface area contributed by atoms with Crippen molar-refractivity contribution in [3.8, 4) is 6.07 Å². The third-order valence-corrected chi connectivity index (χ3v) is 3.45. The van der Waals surface area contributed by atoms with Crippen molar-refractivity contribution in [3.63, 3.8) is 0 Å². The lowest BCUT2D eigenvalue weighted by Gasteiger charge is -2.06. The van der Waals surface area contributed by atoms with Crippen molar-refractivity contribution < 1.29 is 0 Å². The van der Waals surface area contributed by atoms with Gasteiger partial charge in [-0.15, -0.1) is 0 Å². The van der Waals surface area contributed by atoms with E-state index in [0.29, 0.717) is 12.0 Å². The van der Waals surface area contributed by atoms with Gasteiger partial charge in [0.05, 0.1) is 11.6 Å². The van der Waals surface area contributed by atoms with E-state index >= 15 is 0 Å². The molecule has 1 aromatic heterocycles. The lowest BCUT2D eigenvalue weighted by molar-refractivity contribution is 1.19. The zero-order chi connectivity index (χ0) is 15.2. The molecule has 1 heterocycles. The Morgan fingerprint density at radius 3 is 2.64 bits per heavy atom. The number of rotatable bonds is 4. The van der Waals surface area contributed by atoms with Crippen LogP contribution in [0.3, 0.4) is 0 Å². The third-order valence-electron chi connectivity index (χ3n) is 3.45. The van der Waals surface area contributed by atoms with Gasteiger partial charge in [-0.25, -0.2) is 0 Å². The molecule has 0 aliphatic heterocycles. The Kier molecular flexibility index (Phi) is 4.12. The van der Waals surface area contributed by atoms with Crippen LogP contribution in [0.4, 0.5) is 5.69 Å². The van der Waals surface area contributed by atoms with Gasteiger partial charge in [0.2, 0.25) is 0 Å². The minimum Gasteiger partial charge on any atom is -0.361 e. The molecule has 0 atom stereocenters. The molecule has 0 radical (unpaired) electrons. The van der Waals surface area contributed by atoms with Crippen LogP contribution in [0.5, 0.6) is 0 Å². The summed E-state index contributed by atoms with van der Waals surface area (Å²) in [5.41, 5.74) is 3.71. The Bertz CT molecular complexity index is 840. The summed E-state index contributed by atoms with van der Waals surface area (Å²) in [7, 11) is 0. The summed E-state index contributed by atoms with van der Waals surface area (Å²) in [6.07, 6.45) is 4.14. The molecule has 3 nitrogen and oxygen atoms in total. The number of anilines is 1. The first kappa shape index (κ1) is 13.8. The molecule has 3 rings (SSSR count). The maximum absolute atomic E-state index is 9.36. The van der Waals surface area contributed by atoms with Crippen molar-refractivity contribution in [2.24, 2.45) is 0 Å². The second kappa shape index (κ2) is 6.55. The van der Waals surface area contributed by atoms with Crippen molar-refractivity contribution in [3.05, 3.63) is 84.2 Å². The van der Waals surface area contributed by atoms with E-state index in [1.807, 2.05) is 60.7 Å². The summed E-state index contributed by atoms with van der Waals surface area (Å²) in [6, 6.07) is 22.0. The highest BCUT2D eigenvalue weighted by atomic mass is 14.8. The fraction of sp³-hybridized carbons (Fsp3) is 0.0526. The van der Waals surface area contributed by atoms with Crippen LogP contribution < -0.4 is 5.32 Å². The van der Waals surface area contributed by atoms with E-state index in [9.17, 15) is 5.26 Å². The number of hydrogen-bond donors (Lipinski definition) is 1. The van der Waals surface area contributed by atoms with Gasteiger partial charge in [0.25, 0.3) is 0 Å². The van der Waals surface area contributed by atoms with E-state index < -0.39 is 0 Å². The molecule has 106 valence electrons. The van der Waals surface area contributed by atoms with Gasteiger partial charge in [0.15, 0.2) is 0 Å². The minimum absolute atomic E-state index is 0.583. The van der Waals surface area contributed by atoms with Gasteiger partial charge in [-0.1, -0.05) is 36.4 Å². The second-order valence-electron chi connectivity index (χ2n) is 4.96. The van der Waals surface area contributed by atoms with E-state index in [1.165, 1.54) is 0 Å². The Hall–Kier alpha value is -3.12. The van der Waals surface area contributed by atoms with Gasteiger partial charge in [0.1, 0.15) is 0 Å². The number of hydrogen-bond acceptors (Lipinski definition) is 3. The van der Waals surface area contributed by atoms with Crippen molar-refractivity contribution >= 4 is 16.6 Å². The van der Waals surface area contributed by atoms with Crippen LogP contribution in [-0.4, -0.2) is 4.98 Å². The quantitative estimate of drug-likeness (QED) is 0.727. The number of para-hydroxylation sites is 2. The Morgan fingerprint density at radius 2 is 1.82 bits per heavy atom. The number of pyridine rings is 1. The van der Waals surface area contributed by atoms with Crippen LogP contribution in [-0.2, 0) is 6.42 Å². The van der Waals surface area contributed by atoms with E-state index in [1.54, 1.807) is 12.4 Å². The third kappa shape index (κ3) is 3.13. The van der Waals surface area contributed by atoms with Gasteiger partial charge >= 0.3 is 0 Å². The maximum atomic E-state index is 9.36. The first-order valence-corrected chi connectivity index (χ1v) is 7.10. The molecule has 0 aliphatic carbocycles. The predicted octanol–water partition coefficient (Wildman–Crippen LogP) is 4.30. The molecular weight excluding hydrogens is 270 g/mol. The number of nitrogens with one attached hydrogen (secondary N) is 1. The molecule has 0 spiro atoms. The molecule has 2 aromatic carbocycles. The van der Waals surface area contributed by atoms with E-state index in [-0.39, 0.29) is 0 Å². The first-order valence-electron chi connectivity index (χ1n) is 7.10. The summed E-state index contributed by atoms with van der Waals surface area (Å²) < 4.78 is 0. The highest BCUT2D eigenvalue weighted by molar-refractivity contribution is 5.82. The lowest BCUT2D eigenvalue weighted by atomic mass is 10.0. The predicted molar refractivity (Wildman–Crippen MR) is 89.2 cm³/mol. The van der Waals surface area contributed by atoms with Crippen LogP contribution in [0.25, 0.3) is 10.9 Å². The van der Waals surface area contributed by atoms with Gasteiger partial charge in [-0.3, -0.25) is 4.98 Å². The highest BCUT2D eigenvalue weighted by Gasteiger charge is 2.04. The topological polar surface area (TPSA) is 48.7 Å². The van der Waals surface area contributed by atoms with Crippen LogP contribution in [0.1, 0.15) is 5.56 Å². The second-order valence-corrected chi connectivity index (χ2v) is 4.96. The molecule has 1 N–H and O–H groups in total. The number of allylic oxidation sites excluding steroid dienone is 1. The van der Waals surface area contributed by atoms with Crippen LogP contribution in [0.15, 0.2) is 78.6 Å². The molecule has 0 amide bonds. The average molecular weight is 285 g/mol. The van der Waals surface area contributed by atoms with Crippen LogP contribution in [0.2, 0.25) is 0 Å². The van der Waals surface area contributed by atoms with Crippen molar-refractivity contribution in [1.82, 2.24) is 4.98 Å². The number of aromatic nitrogens is 1. The fourth-order valence-corrected chi connectivity index (χ4v) is 2.34. The standard InChI is InChI=1S/C19H15N3/c20-13-15(14-22-17-6-2-1-3-7-17)12-16-10-11-21-19-9-5-4-8-18(16)19/h1-11,14,22H,12H2/b15-14+. The summed E-state index contributed by atoms with van der Waals surface area (Å²) >= 11 is 0. The first-order chi connectivity index (χ1) is 10.9. The smallest absolute Gasteiger partial charge is 0.0965 e. The van der Waals surface area contributed by atoms with Crippen molar-refractivity contribution in [1.29, 1.82) is 5.26 Å². The molecule has 22 heavy (non-hydrogen) atoms. The summed E-state index contributed by atoms with van der Waals surface area (Å²) in [6.45, 7) is 0. The zero-order valence-electron chi connectivity index (χ0n) is 12.0. The SMILES string of the molecule is N#C/C(=C/Nc1ccccc1)Cc1ccnc2ccccc12.